The predicted octanol–water partition coefficient (Wildman–Crippen LogP) is 12.2. The van der Waals surface area contributed by atoms with Crippen molar-refractivity contribution in [3.63, 3.8) is 0 Å². The molecule has 0 unspecified atom stereocenters. The van der Waals surface area contributed by atoms with Crippen molar-refractivity contribution in [3.8, 4) is 56.2 Å². The fraction of sp³-hybridized carbons (Fsp3) is 0. The molecule has 0 amide bonds. The molecule has 7 aromatic carbocycles. The van der Waals surface area contributed by atoms with Gasteiger partial charge in [-0.1, -0.05) is 152 Å². The number of nitrogens with zero attached hydrogens (tertiary/aromatic N) is 4. The SMILES string of the molecule is c1ccc(-c2ccc3ccc4ccc(-c5cc(-c6cccc7nc(-c8ccccc8)c(-c8ccccc8)nc67)c6ccccc6c5)nc4c3n2)cc1. The molecule has 4 nitrogen and oxygen atoms in total. The Labute approximate surface area is 300 Å². The van der Waals surface area contributed by atoms with E-state index in [4.69, 9.17) is 19.9 Å². The molecule has 0 spiro atoms. The van der Waals surface area contributed by atoms with Crippen LogP contribution in [0.5, 0.6) is 0 Å². The smallest absolute Gasteiger partial charge is 0.0973 e. The van der Waals surface area contributed by atoms with Gasteiger partial charge in [0, 0.05) is 38.6 Å². The fourth-order valence-corrected chi connectivity index (χ4v) is 7.27. The van der Waals surface area contributed by atoms with Gasteiger partial charge in [-0.25, -0.2) is 19.9 Å². The highest BCUT2D eigenvalue weighted by molar-refractivity contribution is 6.07. The number of pyridine rings is 2. The summed E-state index contributed by atoms with van der Waals surface area (Å²) in [4.78, 5) is 21.2. The minimum atomic E-state index is 0.848. The van der Waals surface area contributed by atoms with Crippen LogP contribution < -0.4 is 0 Å². The number of hydrogen-bond acceptors (Lipinski definition) is 4. The van der Waals surface area contributed by atoms with Crippen molar-refractivity contribution in [2.45, 2.75) is 0 Å². The molecular weight excluding hydrogens is 633 g/mol. The summed E-state index contributed by atoms with van der Waals surface area (Å²) in [5.74, 6) is 0. The lowest BCUT2D eigenvalue weighted by Gasteiger charge is -2.15. The number of rotatable bonds is 5. The first kappa shape index (κ1) is 29.8. The summed E-state index contributed by atoms with van der Waals surface area (Å²) in [6.07, 6.45) is 0. The second-order valence-electron chi connectivity index (χ2n) is 13.0. The van der Waals surface area contributed by atoms with Gasteiger partial charge in [0.05, 0.1) is 44.8 Å². The third-order valence-corrected chi connectivity index (χ3v) is 9.83. The normalized spacial score (nSPS) is 11.5. The van der Waals surface area contributed by atoms with Crippen molar-refractivity contribution in [2.75, 3.05) is 0 Å². The van der Waals surface area contributed by atoms with Gasteiger partial charge in [0.2, 0.25) is 0 Å². The molecule has 0 saturated carbocycles. The molecule has 0 saturated heterocycles. The highest BCUT2D eigenvalue weighted by Gasteiger charge is 2.18. The van der Waals surface area contributed by atoms with Gasteiger partial charge >= 0.3 is 0 Å². The van der Waals surface area contributed by atoms with E-state index in [-0.39, 0.29) is 0 Å². The third kappa shape index (κ3) is 5.17. The zero-order valence-electron chi connectivity index (χ0n) is 28.1. The van der Waals surface area contributed by atoms with Crippen molar-refractivity contribution in [3.05, 3.63) is 182 Å². The van der Waals surface area contributed by atoms with E-state index in [1.165, 1.54) is 0 Å². The first-order valence-corrected chi connectivity index (χ1v) is 17.5. The second-order valence-corrected chi connectivity index (χ2v) is 13.0. The molecular formula is C48H30N4. The zero-order valence-corrected chi connectivity index (χ0v) is 28.1. The Kier molecular flexibility index (Phi) is 7.10. The maximum Gasteiger partial charge on any atom is 0.0973 e. The first-order valence-electron chi connectivity index (χ1n) is 17.5. The van der Waals surface area contributed by atoms with Crippen LogP contribution in [0.2, 0.25) is 0 Å². The summed E-state index contributed by atoms with van der Waals surface area (Å²) in [6.45, 7) is 0. The van der Waals surface area contributed by atoms with Crippen LogP contribution in [0.15, 0.2) is 182 Å². The molecule has 0 N–H and O–H groups in total. The Morgan fingerprint density at radius 1 is 0.288 bits per heavy atom. The summed E-state index contributed by atoms with van der Waals surface area (Å²) >= 11 is 0. The molecule has 242 valence electrons. The molecule has 10 rings (SSSR count). The average molecular weight is 663 g/mol. The molecule has 52 heavy (non-hydrogen) atoms. The van der Waals surface area contributed by atoms with E-state index < -0.39 is 0 Å². The van der Waals surface area contributed by atoms with E-state index in [1.807, 2.05) is 42.5 Å². The van der Waals surface area contributed by atoms with E-state index in [0.717, 1.165) is 99.8 Å². The van der Waals surface area contributed by atoms with Gasteiger partial charge in [-0.2, -0.15) is 0 Å². The molecule has 3 aromatic heterocycles. The maximum absolute atomic E-state index is 5.43. The highest BCUT2D eigenvalue weighted by Crippen LogP contribution is 2.39. The summed E-state index contributed by atoms with van der Waals surface area (Å²) in [5, 5.41) is 4.40. The standard InChI is InChI=1S/C48H30N4/c1-4-13-31(14-5-1)41-27-25-34-23-24-35-26-28-42(50-46(35)45(34)49-41)37-29-36-19-10-11-20-38(36)40(30-37)39-21-12-22-43-48(39)52-47(33-17-8-3-9-18-33)44(51-43)32-15-6-2-7-16-32/h1-30H. The lowest BCUT2D eigenvalue weighted by atomic mass is 9.93. The van der Waals surface area contributed by atoms with Crippen molar-refractivity contribution < 1.29 is 0 Å². The van der Waals surface area contributed by atoms with Crippen LogP contribution >= 0.6 is 0 Å². The van der Waals surface area contributed by atoms with Crippen molar-refractivity contribution >= 4 is 43.6 Å². The van der Waals surface area contributed by atoms with E-state index in [0.29, 0.717) is 0 Å². The Morgan fingerprint density at radius 3 is 1.48 bits per heavy atom. The molecule has 3 heterocycles. The molecule has 0 aliphatic heterocycles. The largest absolute Gasteiger partial charge is 0.245 e. The average Bonchev–Trinajstić information content (AvgIpc) is 3.23. The highest BCUT2D eigenvalue weighted by atomic mass is 14.8. The Balaban J connectivity index is 1.19. The quantitative estimate of drug-likeness (QED) is 0.172. The van der Waals surface area contributed by atoms with Gasteiger partial charge in [0.1, 0.15) is 0 Å². The summed E-state index contributed by atoms with van der Waals surface area (Å²) in [7, 11) is 0. The minimum Gasteiger partial charge on any atom is -0.245 e. The summed E-state index contributed by atoms with van der Waals surface area (Å²) in [5.41, 5.74) is 13.3. The van der Waals surface area contributed by atoms with Crippen LogP contribution in [-0.4, -0.2) is 19.9 Å². The molecule has 0 atom stereocenters. The molecule has 0 aliphatic carbocycles. The molecule has 10 aromatic rings. The van der Waals surface area contributed by atoms with E-state index in [1.54, 1.807) is 0 Å². The topological polar surface area (TPSA) is 51.6 Å². The van der Waals surface area contributed by atoms with Crippen LogP contribution in [0, 0.1) is 0 Å². The first-order chi connectivity index (χ1) is 25.8. The Morgan fingerprint density at radius 2 is 0.827 bits per heavy atom. The van der Waals surface area contributed by atoms with Crippen LogP contribution in [-0.2, 0) is 0 Å². The third-order valence-electron chi connectivity index (χ3n) is 9.83. The summed E-state index contributed by atoms with van der Waals surface area (Å²) in [6, 6.07) is 63.1. The molecule has 0 fully saturated rings. The lowest BCUT2D eigenvalue weighted by Crippen LogP contribution is -1.97. The van der Waals surface area contributed by atoms with Gasteiger partial charge in [0.15, 0.2) is 0 Å². The number of fused-ring (bicyclic) bond motifs is 5. The fourth-order valence-electron chi connectivity index (χ4n) is 7.27. The van der Waals surface area contributed by atoms with E-state index in [9.17, 15) is 0 Å². The van der Waals surface area contributed by atoms with Gasteiger partial charge in [-0.3, -0.25) is 0 Å². The molecule has 0 aliphatic rings. The maximum atomic E-state index is 5.43. The predicted molar refractivity (Wildman–Crippen MR) is 215 cm³/mol. The Hall–Kier alpha value is -7.04. The molecule has 4 heteroatoms. The number of benzene rings is 7. The zero-order chi connectivity index (χ0) is 34.4. The van der Waals surface area contributed by atoms with Crippen LogP contribution in [0.4, 0.5) is 0 Å². The van der Waals surface area contributed by atoms with Gasteiger partial charge < -0.3 is 0 Å². The van der Waals surface area contributed by atoms with Crippen molar-refractivity contribution in [1.29, 1.82) is 0 Å². The molecule has 0 radical (unpaired) electrons. The van der Waals surface area contributed by atoms with Crippen LogP contribution in [0.1, 0.15) is 0 Å². The van der Waals surface area contributed by atoms with Gasteiger partial charge in [-0.05, 0) is 46.7 Å². The van der Waals surface area contributed by atoms with Gasteiger partial charge in [-0.15, -0.1) is 0 Å². The van der Waals surface area contributed by atoms with Gasteiger partial charge in [0.25, 0.3) is 0 Å². The van der Waals surface area contributed by atoms with Crippen molar-refractivity contribution in [1.82, 2.24) is 19.9 Å². The van der Waals surface area contributed by atoms with Crippen LogP contribution in [0.25, 0.3) is 99.8 Å². The lowest BCUT2D eigenvalue weighted by molar-refractivity contribution is 1.29. The number of hydrogen-bond donors (Lipinski definition) is 0. The summed E-state index contributed by atoms with van der Waals surface area (Å²) < 4.78 is 0. The number of para-hydroxylation sites is 1. The van der Waals surface area contributed by atoms with Crippen molar-refractivity contribution in [2.24, 2.45) is 0 Å². The van der Waals surface area contributed by atoms with Crippen LogP contribution in [0.3, 0.4) is 0 Å². The number of aromatic nitrogens is 4. The Bertz CT molecular complexity index is 2940. The monoisotopic (exact) mass is 662 g/mol. The minimum absolute atomic E-state index is 0.848. The van der Waals surface area contributed by atoms with E-state index in [2.05, 4.69) is 140 Å². The molecule has 0 bridgehead atoms. The second kappa shape index (κ2) is 12.4. The van der Waals surface area contributed by atoms with E-state index >= 15 is 0 Å².